The highest BCUT2D eigenvalue weighted by Crippen LogP contribution is 2.34. The summed E-state index contributed by atoms with van der Waals surface area (Å²) in [4.78, 5) is 18.2. The molecular formula is C16H16F2N2O2S. The molecule has 0 radical (unpaired) electrons. The molecule has 1 aliphatic heterocycles. The zero-order valence-electron chi connectivity index (χ0n) is 12.5. The molecular weight excluding hydrogens is 322 g/mol. The van der Waals surface area contributed by atoms with E-state index in [-0.39, 0.29) is 30.9 Å². The number of rotatable bonds is 3. The SMILES string of the molecule is Cc1nc(CC(=O)N2CC(O)CC2c2cc(F)ccc2F)cs1. The van der Waals surface area contributed by atoms with Gasteiger partial charge in [0.05, 0.1) is 29.3 Å². The number of thiazole rings is 1. The number of aryl methyl sites for hydroxylation is 1. The van der Waals surface area contributed by atoms with Crippen LogP contribution in [-0.4, -0.2) is 33.5 Å². The van der Waals surface area contributed by atoms with Crippen LogP contribution in [0.2, 0.25) is 0 Å². The summed E-state index contributed by atoms with van der Waals surface area (Å²) < 4.78 is 27.5. The van der Waals surface area contributed by atoms with E-state index in [1.807, 2.05) is 6.92 Å². The van der Waals surface area contributed by atoms with Crippen molar-refractivity contribution in [1.82, 2.24) is 9.88 Å². The van der Waals surface area contributed by atoms with Crippen molar-refractivity contribution in [3.8, 4) is 0 Å². The molecule has 1 aromatic heterocycles. The molecule has 1 N–H and O–H groups in total. The molecule has 1 aliphatic rings. The Morgan fingerprint density at radius 2 is 2.26 bits per heavy atom. The van der Waals surface area contributed by atoms with Crippen LogP contribution in [0.3, 0.4) is 0 Å². The Hall–Kier alpha value is -1.86. The van der Waals surface area contributed by atoms with Gasteiger partial charge in [0.25, 0.3) is 0 Å². The fourth-order valence-electron chi connectivity index (χ4n) is 2.90. The second kappa shape index (κ2) is 6.33. The lowest BCUT2D eigenvalue weighted by atomic mass is 10.0. The normalized spacial score (nSPS) is 21.0. The number of aromatic nitrogens is 1. The predicted molar refractivity (Wildman–Crippen MR) is 82.0 cm³/mol. The lowest BCUT2D eigenvalue weighted by Gasteiger charge is -2.25. The van der Waals surface area contributed by atoms with Crippen LogP contribution in [0.4, 0.5) is 8.78 Å². The van der Waals surface area contributed by atoms with E-state index in [0.717, 1.165) is 23.2 Å². The van der Waals surface area contributed by atoms with Crippen LogP contribution in [-0.2, 0) is 11.2 Å². The standard InChI is InChI=1S/C16H16F2N2O2S/c1-9-19-11(8-23-9)5-16(22)20-7-12(21)6-15(20)13-4-10(17)2-3-14(13)18/h2-4,8,12,15,21H,5-7H2,1H3. The van der Waals surface area contributed by atoms with Gasteiger partial charge < -0.3 is 10.0 Å². The fourth-order valence-corrected chi connectivity index (χ4v) is 3.51. The summed E-state index contributed by atoms with van der Waals surface area (Å²) in [5, 5.41) is 12.6. The molecule has 0 spiro atoms. The molecule has 1 aromatic carbocycles. The number of amides is 1. The number of likely N-dealkylation sites (tertiary alicyclic amines) is 1. The zero-order valence-corrected chi connectivity index (χ0v) is 13.3. The minimum atomic E-state index is -0.746. The summed E-state index contributed by atoms with van der Waals surface area (Å²) >= 11 is 1.45. The number of benzene rings is 1. The summed E-state index contributed by atoms with van der Waals surface area (Å²) in [6, 6.07) is 2.51. The highest BCUT2D eigenvalue weighted by Gasteiger charge is 2.36. The van der Waals surface area contributed by atoms with Crippen LogP contribution in [0.25, 0.3) is 0 Å². The minimum Gasteiger partial charge on any atom is -0.391 e. The van der Waals surface area contributed by atoms with Crippen molar-refractivity contribution in [1.29, 1.82) is 0 Å². The third-order valence-electron chi connectivity index (χ3n) is 3.92. The molecule has 3 rings (SSSR count). The Kier molecular flexibility index (Phi) is 4.41. The minimum absolute atomic E-state index is 0.0878. The van der Waals surface area contributed by atoms with Gasteiger partial charge in [-0.15, -0.1) is 11.3 Å². The third-order valence-corrected chi connectivity index (χ3v) is 4.74. The van der Waals surface area contributed by atoms with E-state index < -0.39 is 23.8 Å². The molecule has 1 amide bonds. The van der Waals surface area contributed by atoms with E-state index in [1.54, 1.807) is 5.38 Å². The van der Waals surface area contributed by atoms with Crippen LogP contribution in [0, 0.1) is 18.6 Å². The number of aliphatic hydroxyl groups excluding tert-OH is 1. The average molecular weight is 338 g/mol. The second-order valence-electron chi connectivity index (χ2n) is 5.65. The zero-order chi connectivity index (χ0) is 16.6. The van der Waals surface area contributed by atoms with Crippen LogP contribution in [0.5, 0.6) is 0 Å². The summed E-state index contributed by atoms with van der Waals surface area (Å²) in [6.45, 7) is 1.96. The Bertz CT molecular complexity index is 735. The van der Waals surface area contributed by atoms with Gasteiger partial charge in [-0.25, -0.2) is 13.8 Å². The Morgan fingerprint density at radius 3 is 2.96 bits per heavy atom. The molecule has 2 unspecified atom stereocenters. The molecule has 0 aliphatic carbocycles. The van der Waals surface area contributed by atoms with Gasteiger partial charge in [0.1, 0.15) is 11.6 Å². The first-order valence-corrected chi connectivity index (χ1v) is 8.15. The molecule has 0 saturated carbocycles. The second-order valence-corrected chi connectivity index (χ2v) is 6.71. The van der Waals surface area contributed by atoms with E-state index >= 15 is 0 Å². The number of halogens is 2. The Morgan fingerprint density at radius 1 is 1.48 bits per heavy atom. The van der Waals surface area contributed by atoms with Gasteiger partial charge in [-0.3, -0.25) is 4.79 Å². The van der Waals surface area contributed by atoms with Crippen molar-refractivity contribution in [3.05, 3.63) is 51.5 Å². The summed E-state index contributed by atoms with van der Waals surface area (Å²) in [7, 11) is 0. The van der Waals surface area contributed by atoms with Gasteiger partial charge in [-0.2, -0.15) is 0 Å². The van der Waals surface area contributed by atoms with Crippen molar-refractivity contribution in [3.63, 3.8) is 0 Å². The lowest BCUT2D eigenvalue weighted by molar-refractivity contribution is -0.131. The van der Waals surface area contributed by atoms with Crippen molar-refractivity contribution >= 4 is 17.2 Å². The number of hydrogen-bond acceptors (Lipinski definition) is 4. The number of carbonyl (C=O) groups excluding carboxylic acids is 1. The molecule has 1 fully saturated rings. The predicted octanol–water partition coefficient (Wildman–Crippen LogP) is 2.61. The first-order chi connectivity index (χ1) is 10.9. The molecule has 122 valence electrons. The number of β-amino-alcohol motifs (C(OH)–C–C–N with tert-alkyl or cyclic N) is 1. The molecule has 4 nitrogen and oxygen atoms in total. The van der Waals surface area contributed by atoms with Crippen molar-refractivity contribution < 1.29 is 18.7 Å². The number of nitrogens with zero attached hydrogens (tertiary/aromatic N) is 2. The van der Waals surface area contributed by atoms with Gasteiger partial charge in [0.2, 0.25) is 5.91 Å². The maximum absolute atomic E-state index is 14.0. The summed E-state index contributed by atoms with van der Waals surface area (Å²) in [6.07, 6.45) is -0.462. The highest BCUT2D eigenvalue weighted by atomic mass is 32.1. The Balaban J connectivity index is 1.84. The van der Waals surface area contributed by atoms with Gasteiger partial charge in [-0.05, 0) is 31.5 Å². The fraction of sp³-hybridized carbons (Fsp3) is 0.375. The van der Waals surface area contributed by atoms with E-state index in [1.165, 1.54) is 16.2 Å². The first kappa shape index (κ1) is 16.0. The molecule has 23 heavy (non-hydrogen) atoms. The molecule has 1 saturated heterocycles. The maximum Gasteiger partial charge on any atom is 0.229 e. The van der Waals surface area contributed by atoms with E-state index in [0.29, 0.717) is 5.69 Å². The summed E-state index contributed by atoms with van der Waals surface area (Å²) in [5.74, 6) is -1.39. The quantitative estimate of drug-likeness (QED) is 0.936. The van der Waals surface area contributed by atoms with Crippen LogP contribution in [0.1, 0.15) is 28.7 Å². The topological polar surface area (TPSA) is 53.4 Å². The third kappa shape index (κ3) is 3.40. The van der Waals surface area contributed by atoms with Gasteiger partial charge >= 0.3 is 0 Å². The largest absolute Gasteiger partial charge is 0.391 e. The molecule has 2 atom stereocenters. The van der Waals surface area contributed by atoms with Crippen molar-refractivity contribution in [2.45, 2.75) is 31.9 Å². The van der Waals surface area contributed by atoms with Crippen LogP contribution in [0.15, 0.2) is 23.6 Å². The number of carbonyl (C=O) groups is 1. The van der Waals surface area contributed by atoms with Crippen molar-refractivity contribution in [2.75, 3.05) is 6.54 Å². The Labute approximate surface area is 136 Å². The summed E-state index contributed by atoms with van der Waals surface area (Å²) in [5.41, 5.74) is 0.752. The van der Waals surface area contributed by atoms with E-state index in [2.05, 4.69) is 4.98 Å². The number of aliphatic hydroxyl groups is 1. The van der Waals surface area contributed by atoms with Crippen LogP contribution < -0.4 is 0 Å². The highest BCUT2D eigenvalue weighted by molar-refractivity contribution is 7.09. The molecule has 2 aromatic rings. The van der Waals surface area contributed by atoms with Gasteiger partial charge in [0.15, 0.2) is 0 Å². The maximum atomic E-state index is 14.0. The van der Waals surface area contributed by atoms with E-state index in [4.69, 9.17) is 0 Å². The van der Waals surface area contributed by atoms with Crippen LogP contribution >= 0.6 is 11.3 Å². The molecule has 2 heterocycles. The monoisotopic (exact) mass is 338 g/mol. The van der Waals surface area contributed by atoms with E-state index in [9.17, 15) is 18.7 Å². The number of hydrogen-bond donors (Lipinski definition) is 1. The van der Waals surface area contributed by atoms with Gasteiger partial charge in [-0.1, -0.05) is 0 Å². The average Bonchev–Trinajstić information content (AvgIpc) is 3.07. The molecule has 7 heteroatoms. The van der Waals surface area contributed by atoms with Gasteiger partial charge in [0, 0.05) is 17.5 Å². The van der Waals surface area contributed by atoms with Crippen molar-refractivity contribution in [2.24, 2.45) is 0 Å². The first-order valence-electron chi connectivity index (χ1n) is 7.27. The molecule has 0 bridgehead atoms. The lowest BCUT2D eigenvalue weighted by Crippen LogP contribution is -2.33. The smallest absolute Gasteiger partial charge is 0.229 e.